The van der Waals surface area contributed by atoms with E-state index in [1.54, 1.807) is 11.3 Å². The molecule has 0 saturated carbocycles. The number of nitrogens with zero attached hydrogens (tertiary/aromatic N) is 8. The smallest absolute Gasteiger partial charge is 0.227 e. The molecule has 1 fully saturated rings. The fourth-order valence-corrected chi connectivity index (χ4v) is 4.77. The van der Waals surface area contributed by atoms with Crippen molar-refractivity contribution < 1.29 is 5.11 Å². The second-order valence-electron chi connectivity index (χ2n) is 8.01. The molecule has 10 nitrogen and oxygen atoms in total. The van der Waals surface area contributed by atoms with Crippen LogP contribution in [0.25, 0.3) is 20.8 Å². The first-order valence-electron chi connectivity index (χ1n) is 11.1. The number of hydrogen-bond acceptors (Lipinski definition) is 10. The number of thiazole rings is 1. The minimum Gasteiger partial charge on any atom is -0.395 e. The normalized spacial score (nSPS) is 14.8. The number of anilines is 3. The molecule has 11 heteroatoms. The molecule has 5 heterocycles. The zero-order valence-corrected chi connectivity index (χ0v) is 19.6. The lowest BCUT2D eigenvalue weighted by Gasteiger charge is -2.34. The molecule has 0 spiro atoms. The number of hydrogen-bond donors (Lipinski definition) is 2. The van der Waals surface area contributed by atoms with Crippen LogP contribution in [0, 0.1) is 6.92 Å². The van der Waals surface area contributed by atoms with Crippen LogP contribution in [0.5, 0.6) is 0 Å². The molecule has 0 aromatic carbocycles. The number of rotatable bonds is 7. The van der Waals surface area contributed by atoms with Crippen LogP contribution in [0.4, 0.5) is 17.6 Å². The molecule has 0 aliphatic carbocycles. The molecular formula is C22H27N9OS. The standard InChI is InChI=1S/C22H27N9OS/c1-3-31-14-16(12-24-31)21-26-17-11-19(23-13-18(17)33-21)27-20-10-15(2)25-22(28-20)30-6-4-29(5-7-30)8-9-32/h10-14,32H,3-9H2,1-2H3,(H,23,25,27,28). The molecule has 0 atom stereocenters. The molecule has 1 aliphatic rings. The first kappa shape index (κ1) is 21.7. The monoisotopic (exact) mass is 465 g/mol. The van der Waals surface area contributed by atoms with Crippen molar-refractivity contribution >= 4 is 39.1 Å². The molecule has 0 unspecified atom stereocenters. The number of aliphatic hydroxyl groups excluding tert-OH is 1. The molecule has 2 N–H and O–H groups in total. The van der Waals surface area contributed by atoms with E-state index in [-0.39, 0.29) is 6.61 Å². The number of aromatic nitrogens is 6. The predicted molar refractivity (Wildman–Crippen MR) is 130 cm³/mol. The summed E-state index contributed by atoms with van der Waals surface area (Å²) < 4.78 is 2.92. The highest BCUT2D eigenvalue weighted by Crippen LogP contribution is 2.31. The van der Waals surface area contributed by atoms with E-state index in [2.05, 4.69) is 37.1 Å². The Kier molecular flexibility index (Phi) is 6.16. The van der Waals surface area contributed by atoms with E-state index in [9.17, 15) is 0 Å². The lowest BCUT2D eigenvalue weighted by molar-refractivity contribution is 0.188. The quantitative estimate of drug-likeness (QED) is 0.426. The Balaban J connectivity index is 1.34. The molecule has 4 aromatic heterocycles. The third kappa shape index (κ3) is 4.80. The van der Waals surface area contributed by atoms with Crippen molar-refractivity contribution in [3.8, 4) is 10.6 Å². The maximum absolute atomic E-state index is 9.15. The summed E-state index contributed by atoms with van der Waals surface area (Å²) in [6.45, 7) is 9.22. The van der Waals surface area contributed by atoms with Crippen LogP contribution in [-0.4, -0.2) is 79.1 Å². The fraction of sp³-hybridized carbons (Fsp3) is 0.409. The van der Waals surface area contributed by atoms with Gasteiger partial charge in [-0.05, 0) is 13.8 Å². The van der Waals surface area contributed by atoms with Crippen LogP contribution < -0.4 is 10.2 Å². The Morgan fingerprint density at radius 3 is 2.67 bits per heavy atom. The zero-order valence-electron chi connectivity index (χ0n) is 18.8. The van der Waals surface area contributed by atoms with E-state index >= 15 is 0 Å². The van der Waals surface area contributed by atoms with Crippen molar-refractivity contribution in [2.24, 2.45) is 0 Å². The highest BCUT2D eigenvalue weighted by Gasteiger charge is 2.19. The molecule has 5 rings (SSSR count). The van der Waals surface area contributed by atoms with Crippen LogP contribution in [0.3, 0.4) is 0 Å². The summed E-state index contributed by atoms with van der Waals surface area (Å²) in [6, 6.07) is 3.87. The SMILES string of the molecule is CCn1cc(-c2nc3cc(Nc4cc(C)nc(N5CCN(CCO)CC5)n4)ncc3s2)cn1. The summed E-state index contributed by atoms with van der Waals surface area (Å²) >= 11 is 1.61. The Bertz CT molecular complexity index is 1250. The number of piperazine rings is 1. The highest BCUT2D eigenvalue weighted by atomic mass is 32.1. The number of pyridine rings is 1. The third-order valence-electron chi connectivity index (χ3n) is 5.65. The first-order chi connectivity index (χ1) is 16.1. The number of aliphatic hydroxyl groups is 1. The minimum atomic E-state index is 0.190. The summed E-state index contributed by atoms with van der Waals surface area (Å²) in [5.74, 6) is 2.12. The average molecular weight is 466 g/mol. The van der Waals surface area contributed by atoms with Gasteiger partial charge in [0.2, 0.25) is 5.95 Å². The second-order valence-corrected chi connectivity index (χ2v) is 9.04. The van der Waals surface area contributed by atoms with Gasteiger partial charge in [-0.2, -0.15) is 10.1 Å². The van der Waals surface area contributed by atoms with E-state index in [1.165, 1.54) is 0 Å². The molecule has 172 valence electrons. The molecule has 1 saturated heterocycles. The van der Waals surface area contributed by atoms with Gasteiger partial charge in [-0.1, -0.05) is 0 Å². The molecule has 0 radical (unpaired) electrons. The lowest BCUT2D eigenvalue weighted by Crippen LogP contribution is -2.47. The van der Waals surface area contributed by atoms with Gasteiger partial charge in [0.25, 0.3) is 0 Å². The molecule has 0 amide bonds. The van der Waals surface area contributed by atoms with Gasteiger partial charge in [-0.3, -0.25) is 9.58 Å². The molecule has 0 bridgehead atoms. The van der Waals surface area contributed by atoms with Crippen LogP contribution in [-0.2, 0) is 6.54 Å². The molecular weight excluding hydrogens is 438 g/mol. The predicted octanol–water partition coefficient (Wildman–Crippen LogP) is 2.53. The van der Waals surface area contributed by atoms with Gasteiger partial charge in [-0.25, -0.2) is 15.0 Å². The maximum Gasteiger partial charge on any atom is 0.227 e. The summed E-state index contributed by atoms with van der Waals surface area (Å²) in [5, 5.41) is 17.8. The van der Waals surface area contributed by atoms with Gasteiger partial charge in [-0.15, -0.1) is 11.3 Å². The van der Waals surface area contributed by atoms with E-state index < -0.39 is 0 Å². The van der Waals surface area contributed by atoms with Crippen LogP contribution in [0.2, 0.25) is 0 Å². The Hall–Kier alpha value is -3.15. The van der Waals surface area contributed by atoms with Crippen LogP contribution in [0.15, 0.2) is 30.7 Å². The van der Waals surface area contributed by atoms with Crippen molar-refractivity contribution in [1.82, 2.24) is 34.6 Å². The molecule has 4 aromatic rings. The van der Waals surface area contributed by atoms with E-state index in [4.69, 9.17) is 15.1 Å². The summed E-state index contributed by atoms with van der Waals surface area (Å²) in [7, 11) is 0. The minimum absolute atomic E-state index is 0.190. The van der Waals surface area contributed by atoms with Gasteiger partial charge in [0.1, 0.15) is 16.6 Å². The Morgan fingerprint density at radius 2 is 1.91 bits per heavy atom. The van der Waals surface area contributed by atoms with Crippen LogP contribution >= 0.6 is 11.3 Å². The van der Waals surface area contributed by atoms with Crippen molar-refractivity contribution in [2.75, 3.05) is 49.5 Å². The number of nitrogens with one attached hydrogen (secondary N) is 1. The second kappa shape index (κ2) is 9.38. The van der Waals surface area contributed by atoms with E-state index in [0.717, 1.165) is 59.2 Å². The highest BCUT2D eigenvalue weighted by molar-refractivity contribution is 7.21. The van der Waals surface area contributed by atoms with Crippen molar-refractivity contribution in [3.63, 3.8) is 0 Å². The van der Waals surface area contributed by atoms with Gasteiger partial charge >= 0.3 is 0 Å². The van der Waals surface area contributed by atoms with E-state index in [0.29, 0.717) is 24.1 Å². The fourth-order valence-electron chi connectivity index (χ4n) is 3.88. The zero-order chi connectivity index (χ0) is 22.8. The number of fused-ring (bicyclic) bond motifs is 1. The van der Waals surface area contributed by atoms with Crippen molar-refractivity contribution in [1.29, 1.82) is 0 Å². The van der Waals surface area contributed by atoms with Gasteiger partial charge in [0, 0.05) is 75.1 Å². The Morgan fingerprint density at radius 1 is 1.06 bits per heavy atom. The van der Waals surface area contributed by atoms with Gasteiger partial charge < -0.3 is 15.3 Å². The van der Waals surface area contributed by atoms with Crippen LogP contribution in [0.1, 0.15) is 12.6 Å². The average Bonchev–Trinajstić information content (AvgIpc) is 3.46. The molecule has 33 heavy (non-hydrogen) atoms. The Labute approximate surface area is 195 Å². The number of β-amino-alcohol motifs (C(OH)–C–C–N with tert-alkyl or cyclic N) is 1. The van der Waals surface area contributed by atoms with Gasteiger partial charge in [0.05, 0.1) is 23.0 Å². The number of aryl methyl sites for hydroxylation is 2. The van der Waals surface area contributed by atoms with E-state index in [1.807, 2.05) is 42.3 Å². The van der Waals surface area contributed by atoms with Crippen molar-refractivity contribution in [2.45, 2.75) is 20.4 Å². The maximum atomic E-state index is 9.15. The first-order valence-corrected chi connectivity index (χ1v) is 11.9. The third-order valence-corrected chi connectivity index (χ3v) is 6.70. The van der Waals surface area contributed by atoms with Gasteiger partial charge in [0.15, 0.2) is 0 Å². The van der Waals surface area contributed by atoms with Crippen molar-refractivity contribution in [3.05, 3.63) is 36.4 Å². The topological polar surface area (TPSA) is 108 Å². The molecule has 1 aliphatic heterocycles. The summed E-state index contributed by atoms with van der Waals surface area (Å²) in [5.41, 5.74) is 2.80. The summed E-state index contributed by atoms with van der Waals surface area (Å²) in [6.07, 6.45) is 5.71. The lowest BCUT2D eigenvalue weighted by atomic mass is 10.3. The summed E-state index contributed by atoms with van der Waals surface area (Å²) in [4.78, 5) is 23.2. The largest absolute Gasteiger partial charge is 0.395 e.